The van der Waals surface area contributed by atoms with Gasteiger partial charge in [0.25, 0.3) is 0 Å². The lowest BCUT2D eigenvalue weighted by molar-refractivity contribution is 0.626. The van der Waals surface area contributed by atoms with Crippen molar-refractivity contribution in [1.29, 1.82) is 0 Å². The van der Waals surface area contributed by atoms with Crippen LogP contribution in [0.25, 0.3) is 0 Å². The zero-order valence-electron chi connectivity index (χ0n) is 12.1. The van der Waals surface area contributed by atoms with E-state index >= 15 is 0 Å². The highest BCUT2D eigenvalue weighted by atomic mass is 32.2. The maximum Gasteiger partial charge on any atom is 0.197 e. The Kier molecular flexibility index (Phi) is 3.23. The Hall–Kier alpha value is -1.40. The fourth-order valence-electron chi connectivity index (χ4n) is 2.55. The molecule has 110 valence electrons. The maximum absolute atomic E-state index is 5.83. The molecular weight excluding hydrogens is 282 g/mol. The Morgan fingerprint density at radius 3 is 2.71 bits per heavy atom. The van der Waals surface area contributed by atoms with E-state index in [-0.39, 0.29) is 0 Å². The average Bonchev–Trinajstić information content (AvgIpc) is 3.39. The third-order valence-corrected chi connectivity index (χ3v) is 5.04. The molecule has 4 rings (SSSR count). The molecule has 0 amide bonds. The number of hydrogen-bond acceptors (Lipinski definition) is 5. The summed E-state index contributed by atoms with van der Waals surface area (Å²) in [5.41, 5.74) is 7.91. The van der Waals surface area contributed by atoms with Crippen molar-refractivity contribution in [3.05, 3.63) is 29.2 Å². The van der Waals surface area contributed by atoms with Gasteiger partial charge < -0.3 is 10.3 Å². The van der Waals surface area contributed by atoms with Crippen LogP contribution in [0, 0.1) is 6.92 Å². The minimum atomic E-state index is 0.503. The lowest BCUT2D eigenvalue weighted by Gasteiger charge is -2.10. The van der Waals surface area contributed by atoms with E-state index < -0.39 is 0 Å². The first kappa shape index (κ1) is 13.3. The second-order valence-electron chi connectivity index (χ2n) is 5.94. The van der Waals surface area contributed by atoms with Crippen molar-refractivity contribution in [3.63, 3.8) is 0 Å². The number of nitrogens with two attached hydrogens (primary N) is 1. The molecule has 0 bridgehead atoms. The van der Waals surface area contributed by atoms with Crippen LogP contribution in [0.4, 0.5) is 0 Å². The second-order valence-corrected chi connectivity index (χ2v) is 6.90. The normalized spacial score (nSPS) is 18.2. The molecule has 2 aliphatic carbocycles. The Morgan fingerprint density at radius 1 is 1.24 bits per heavy atom. The van der Waals surface area contributed by atoms with Crippen LogP contribution >= 0.6 is 11.8 Å². The smallest absolute Gasteiger partial charge is 0.197 e. The highest BCUT2D eigenvalue weighted by molar-refractivity contribution is 7.99. The topological polar surface area (TPSA) is 69.6 Å². The fourth-order valence-corrected chi connectivity index (χ4v) is 3.61. The monoisotopic (exact) mass is 301 g/mol. The Bertz CT molecular complexity index is 673. The fraction of sp³-hybridized carbons (Fsp3) is 0.533. The standard InChI is InChI=1S/C15H19N5S/c1-9-2-3-11(8-16)14(17-9)21-15-19-18-13(10-4-5-10)20(15)12-6-7-12/h2-3,10,12H,4-8,16H2,1H3. The summed E-state index contributed by atoms with van der Waals surface area (Å²) in [6.07, 6.45) is 5.01. The van der Waals surface area contributed by atoms with Gasteiger partial charge in [-0.3, -0.25) is 0 Å². The molecular formula is C15H19N5S. The van der Waals surface area contributed by atoms with E-state index in [1.54, 1.807) is 11.8 Å². The predicted octanol–water partition coefficient (Wildman–Crippen LogP) is 2.80. The first-order valence-electron chi connectivity index (χ1n) is 7.55. The van der Waals surface area contributed by atoms with Crippen molar-refractivity contribution in [3.8, 4) is 0 Å². The van der Waals surface area contributed by atoms with Crippen LogP contribution < -0.4 is 5.73 Å². The summed E-state index contributed by atoms with van der Waals surface area (Å²) in [5.74, 6) is 1.81. The Balaban J connectivity index is 1.69. The molecule has 5 nitrogen and oxygen atoms in total. The van der Waals surface area contributed by atoms with Gasteiger partial charge in [-0.25, -0.2) is 4.98 Å². The number of hydrogen-bond donors (Lipinski definition) is 1. The summed E-state index contributed by atoms with van der Waals surface area (Å²) in [5, 5.41) is 10.8. The van der Waals surface area contributed by atoms with Crippen LogP contribution in [0.3, 0.4) is 0 Å². The average molecular weight is 301 g/mol. The molecule has 2 aromatic heterocycles. The van der Waals surface area contributed by atoms with Crippen LogP contribution in [-0.4, -0.2) is 19.7 Å². The van der Waals surface area contributed by atoms with Gasteiger partial charge in [0.05, 0.1) is 0 Å². The van der Waals surface area contributed by atoms with Crippen molar-refractivity contribution < 1.29 is 0 Å². The molecule has 0 radical (unpaired) electrons. The van der Waals surface area contributed by atoms with Gasteiger partial charge in [-0.15, -0.1) is 10.2 Å². The summed E-state index contributed by atoms with van der Waals surface area (Å²) in [6.45, 7) is 2.51. The van der Waals surface area contributed by atoms with Crippen molar-refractivity contribution in [2.75, 3.05) is 0 Å². The molecule has 2 saturated carbocycles. The minimum Gasteiger partial charge on any atom is -0.326 e. The van der Waals surface area contributed by atoms with E-state index in [0.717, 1.165) is 21.4 Å². The number of aryl methyl sites for hydroxylation is 1. The van der Waals surface area contributed by atoms with E-state index in [1.807, 2.05) is 13.0 Å². The number of aromatic nitrogens is 4. The Labute approximate surface area is 128 Å². The zero-order valence-corrected chi connectivity index (χ0v) is 12.9. The van der Waals surface area contributed by atoms with E-state index in [2.05, 4.69) is 25.8 Å². The quantitative estimate of drug-likeness (QED) is 0.919. The van der Waals surface area contributed by atoms with Gasteiger partial charge in [0.1, 0.15) is 10.9 Å². The minimum absolute atomic E-state index is 0.503. The van der Waals surface area contributed by atoms with Gasteiger partial charge in [0.2, 0.25) is 0 Å². The zero-order chi connectivity index (χ0) is 14.4. The van der Waals surface area contributed by atoms with Gasteiger partial charge >= 0.3 is 0 Å². The summed E-state index contributed by atoms with van der Waals surface area (Å²) in [7, 11) is 0. The number of rotatable bonds is 5. The summed E-state index contributed by atoms with van der Waals surface area (Å²) < 4.78 is 2.35. The molecule has 0 aromatic carbocycles. The molecule has 2 heterocycles. The molecule has 0 aliphatic heterocycles. The van der Waals surface area contributed by atoms with Crippen molar-refractivity contribution in [2.24, 2.45) is 5.73 Å². The molecule has 0 spiro atoms. The van der Waals surface area contributed by atoms with E-state index in [0.29, 0.717) is 18.5 Å². The SMILES string of the molecule is Cc1ccc(CN)c(Sc2nnc(C3CC3)n2C2CC2)n1. The van der Waals surface area contributed by atoms with Crippen LogP contribution in [0.1, 0.15) is 54.7 Å². The van der Waals surface area contributed by atoms with E-state index in [4.69, 9.17) is 5.73 Å². The summed E-state index contributed by atoms with van der Waals surface area (Å²) >= 11 is 1.61. The van der Waals surface area contributed by atoms with Gasteiger partial charge in [-0.05, 0) is 56.0 Å². The molecule has 2 fully saturated rings. The van der Waals surface area contributed by atoms with Gasteiger partial charge in [-0.1, -0.05) is 6.07 Å². The van der Waals surface area contributed by atoms with Crippen LogP contribution in [0.2, 0.25) is 0 Å². The molecule has 2 aliphatic rings. The number of pyridine rings is 1. The lowest BCUT2D eigenvalue weighted by atomic mass is 10.2. The van der Waals surface area contributed by atoms with Crippen molar-refractivity contribution in [2.45, 2.75) is 61.3 Å². The van der Waals surface area contributed by atoms with Gasteiger partial charge in [-0.2, -0.15) is 0 Å². The highest BCUT2D eigenvalue weighted by Crippen LogP contribution is 2.46. The van der Waals surface area contributed by atoms with Crippen LogP contribution in [0.5, 0.6) is 0 Å². The van der Waals surface area contributed by atoms with Gasteiger partial charge in [0.15, 0.2) is 5.16 Å². The molecule has 2 N–H and O–H groups in total. The third-order valence-electron chi connectivity index (χ3n) is 4.03. The molecule has 2 aromatic rings. The maximum atomic E-state index is 5.83. The highest BCUT2D eigenvalue weighted by Gasteiger charge is 2.36. The van der Waals surface area contributed by atoms with Crippen molar-refractivity contribution >= 4 is 11.8 Å². The van der Waals surface area contributed by atoms with Gasteiger partial charge in [0, 0.05) is 24.2 Å². The molecule has 0 atom stereocenters. The predicted molar refractivity (Wildman–Crippen MR) is 81.3 cm³/mol. The molecule has 21 heavy (non-hydrogen) atoms. The summed E-state index contributed by atoms with van der Waals surface area (Å²) in [4.78, 5) is 4.63. The lowest BCUT2D eigenvalue weighted by Crippen LogP contribution is -2.04. The van der Waals surface area contributed by atoms with Crippen LogP contribution in [-0.2, 0) is 6.54 Å². The Morgan fingerprint density at radius 2 is 2.05 bits per heavy atom. The van der Waals surface area contributed by atoms with E-state index in [9.17, 15) is 0 Å². The molecule has 0 unspecified atom stereocenters. The van der Waals surface area contributed by atoms with E-state index in [1.165, 1.54) is 31.5 Å². The largest absolute Gasteiger partial charge is 0.326 e. The first-order chi connectivity index (χ1) is 10.3. The summed E-state index contributed by atoms with van der Waals surface area (Å²) in [6, 6.07) is 4.67. The third kappa shape index (κ3) is 2.58. The van der Waals surface area contributed by atoms with Crippen LogP contribution in [0.15, 0.2) is 22.3 Å². The molecule has 6 heteroatoms. The number of nitrogens with zero attached hydrogens (tertiary/aromatic N) is 4. The van der Waals surface area contributed by atoms with Crippen molar-refractivity contribution in [1.82, 2.24) is 19.7 Å². The second kappa shape index (κ2) is 5.10. The molecule has 0 saturated heterocycles. The first-order valence-corrected chi connectivity index (χ1v) is 8.37.